The summed E-state index contributed by atoms with van der Waals surface area (Å²) in [5.41, 5.74) is 0.646. The van der Waals surface area contributed by atoms with Crippen LogP contribution in [-0.4, -0.2) is 23.7 Å². The second kappa shape index (κ2) is 9.28. The number of benzene rings is 2. The van der Waals surface area contributed by atoms with Crippen molar-refractivity contribution in [3.05, 3.63) is 65.5 Å². The largest absolute Gasteiger partial charge is 0.449 e. The first-order valence-corrected chi connectivity index (χ1v) is 8.51. The van der Waals surface area contributed by atoms with E-state index in [0.29, 0.717) is 5.56 Å². The summed E-state index contributed by atoms with van der Waals surface area (Å²) >= 11 is 0.232. The SMILES string of the molecule is C[C@@H](OC(=O)c1ccccc1SC(F)F)C(=O)NCc1ccc(F)cc1. The molecule has 4 nitrogen and oxygen atoms in total. The molecule has 0 saturated heterocycles. The van der Waals surface area contributed by atoms with Crippen molar-refractivity contribution in [1.82, 2.24) is 5.32 Å². The lowest BCUT2D eigenvalue weighted by Gasteiger charge is -2.15. The van der Waals surface area contributed by atoms with E-state index in [1.165, 1.54) is 55.5 Å². The van der Waals surface area contributed by atoms with Crippen molar-refractivity contribution in [3.8, 4) is 0 Å². The van der Waals surface area contributed by atoms with Crippen LogP contribution >= 0.6 is 11.8 Å². The third-order valence-corrected chi connectivity index (χ3v) is 4.14. The minimum absolute atomic E-state index is 0.0315. The van der Waals surface area contributed by atoms with Crippen molar-refractivity contribution in [2.75, 3.05) is 0 Å². The molecule has 0 spiro atoms. The quantitative estimate of drug-likeness (QED) is 0.580. The molecule has 2 rings (SSSR count). The molecule has 0 bridgehead atoms. The zero-order chi connectivity index (χ0) is 19.1. The van der Waals surface area contributed by atoms with Gasteiger partial charge in [0.15, 0.2) is 6.10 Å². The highest BCUT2D eigenvalue weighted by atomic mass is 32.2. The van der Waals surface area contributed by atoms with Gasteiger partial charge in [-0.15, -0.1) is 0 Å². The monoisotopic (exact) mass is 383 g/mol. The van der Waals surface area contributed by atoms with Crippen LogP contribution in [0.4, 0.5) is 13.2 Å². The first kappa shape index (κ1) is 19.8. The maximum Gasteiger partial charge on any atom is 0.340 e. The van der Waals surface area contributed by atoms with Gasteiger partial charge in [0.1, 0.15) is 5.82 Å². The van der Waals surface area contributed by atoms with E-state index >= 15 is 0 Å². The van der Waals surface area contributed by atoms with Gasteiger partial charge in [0.05, 0.1) is 5.56 Å². The number of rotatable bonds is 7. The Morgan fingerprint density at radius 2 is 1.77 bits per heavy atom. The van der Waals surface area contributed by atoms with Crippen molar-refractivity contribution in [1.29, 1.82) is 0 Å². The number of alkyl halides is 2. The van der Waals surface area contributed by atoms with Gasteiger partial charge in [-0.1, -0.05) is 36.0 Å². The van der Waals surface area contributed by atoms with E-state index in [-0.39, 0.29) is 34.6 Å². The molecule has 2 aromatic rings. The first-order valence-electron chi connectivity index (χ1n) is 7.64. The molecule has 26 heavy (non-hydrogen) atoms. The van der Waals surface area contributed by atoms with E-state index in [1.54, 1.807) is 0 Å². The molecule has 2 aromatic carbocycles. The minimum Gasteiger partial charge on any atom is -0.449 e. The maximum atomic E-state index is 12.8. The molecule has 1 amide bonds. The molecule has 0 unspecified atom stereocenters. The Morgan fingerprint density at radius 3 is 2.42 bits per heavy atom. The zero-order valence-corrected chi connectivity index (χ0v) is 14.6. The fourth-order valence-corrected chi connectivity index (χ4v) is 2.67. The van der Waals surface area contributed by atoms with E-state index in [9.17, 15) is 22.8 Å². The van der Waals surface area contributed by atoms with Crippen LogP contribution in [0.5, 0.6) is 0 Å². The number of hydrogen-bond acceptors (Lipinski definition) is 4. The second-order valence-corrected chi connectivity index (χ2v) is 6.30. The van der Waals surface area contributed by atoms with Gasteiger partial charge in [0.2, 0.25) is 0 Å². The van der Waals surface area contributed by atoms with Crippen LogP contribution in [0.25, 0.3) is 0 Å². The lowest BCUT2D eigenvalue weighted by atomic mass is 10.2. The number of carbonyl (C=O) groups excluding carboxylic acids is 2. The zero-order valence-electron chi connectivity index (χ0n) is 13.7. The molecule has 0 aliphatic carbocycles. The standard InChI is InChI=1S/C18H16F3NO3S/c1-11(16(23)22-10-12-6-8-13(19)9-7-12)25-17(24)14-4-2-3-5-15(14)26-18(20)21/h2-9,11,18H,10H2,1H3,(H,22,23)/t11-/m1/s1. The Bertz CT molecular complexity index is 769. The Morgan fingerprint density at radius 1 is 1.12 bits per heavy atom. The summed E-state index contributed by atoms with van der Waals surface area (Å²) in [5.74, 6) is -4.48. The lowest BCUT2D eigenvalue weighted by molar-refractivity contribution is -0.129. The molecule has 0 aliphatic heterocycles. The smallest absolute Gasteiger partial charge is 0.340 e. The average molecular weight is 383 g/mol. The van der Waals surface area contributed by atoms with Gasteiger partial charge in [-0.2, -0.15) is 8.78 Å². The Kier molecular flexibility index (Phi) is 7.08. The van der Waals surface area contributed by atoms with E-state index in [2.05, 4.69) is 5.32 Å². The normalized spacial score (nSPS) is 11.9. The maximum absolute atomic E-state index is 12.8. The highest BCUT2D eigenvalue weighted by Crippen LogP contribution is 2.28. The Labute approximate surface area is 152 Å². The van der Waals surface area contributed by atoms with Crippen LogP contribution in [0.1, 0.15) is 22.8 Å². The number of carbonyl (C=O) groups is 2. The molecule has 0 fully saturated rings. The fourth-order valence-electron chi connectivity index (χ4n) is 2.05. The van der Waals surface area contributed by atoms with Gasteiger partial charge in [0, 0.05) is 11.4 Å². The predicted octanol–water partition coefficient (Wildman–Crippen LogP) is 4.00. The summed E-state index contributed by atoms with van der Waals surface area (Å²) in [6.07, 6.45) is -1.12. The van der Waals surface area contributed by atoms with Crippen LogP contribution in [0, 0.1) is 5.82 Å². The molecule has 0 aromatic heterocycles. The highest BCUT2D eigenvalue weighted by Gasteiger charge is 2.21. The Hall–Kier alpha value is -2.48. The molecular formula is C18H16F3NO3S. The average Bonchev–Trinajstić information content (AvgIpc) is 2.60. The number of thioether (sulfide) groups is 1. The number of halogens is 3. The summed E-state index contributed by atoms with van der Waals surface area (Å²) in [7, 11) is 0. The second-order valence-electron chi connectivity index (χ2n) is 5.27. The molecule has 0 radical (unpaired) electrons. The highest BCUT2D eigenvalue weighted by molar-refractivity contribution is 7.99. The van der Waals surface area contributed by atoms with Gasteiger partial charge in [-0.3, -0.25) is 4.79 Å². The van der Waals surface area contributed by atoms with Crippen molar-refractivity contribution < 1.29 is 27.5 Å². The molecule has 0 saturated carbocycles. The predicted molar refractivity (Wildman–Crippen MR) is 91.4 cm³/mol. The third kappa shape index (κ3) is 5.80. The van der Waals surface area contributed by atoms with E-state index in [4.69, 9.17) is 4.74 Å². The van der Waals surface area contributed by atoms with Gasteiger partial charge in [-0.25, -0.2) is 9.18 Å². The topological polar surface area (TPSA) is 55.4 Å². The summed E-state index contributed by atoms with van der Waals surface area (Å²) in [5, 5.41) is 2.56. The number of ether oxygens (including phenoxy) is 1. The van der Waals surface area contributed by atoms with Crippen LogP contribution in [0.15, 0.2) is 53.4 Å². The van der Waals surface area contributed by atoms with Crippen LogP contribution in [-0.2, 0) is 16.1 Å². The van der Waals surface area contributed by atoms with Gasteiger partial charge in [0.25, 0.3) is 11.7 Å². The van der Waals surface area contributed by atoms with Crippen molar-refractivity contribution >= 4 is 23.6 Å². The summed E-state index contributed by atoms with van der Waals surface area (Å²) in [6.45, 7) is 1.51. The van der Waals surface area contributed by atoms with Crippen LogP contribution < -0.4 is 5.32 Å². The van der Waals surface area contributed by atoms with E-state index in [0.717, 1.165) is 0 Å². The molecule has 1 atom stereocenters. The lowest BCUT2D eigenvalue weighted by Crippen LogP contribution is -2.35. The number of nitrogens with one attached hydrogen (secondary N) is 1. The molecule has 1 N–H and O–H groups in total. The van der Waals surface area contributed by atoms with Gasteiger partial charge >= 0.3 is 5.97 Å². The summed E-state index contributed by atoms with van der Waals surface area (Å²) in [4.78, 5) is 24.3. The minimum atomic E-state index is -2.68. The van der Waals surface area contributed by atoms with E-state index in [1.807, 2.05) is 0 Å². The van der Waals surface area contributed by atoms with Gasteiger partial charge < -0.3 is 10.1 Å². The summed E-state index contributed by atoms with van der Waals surface area (Å²) in [6, 6.07) is 11.4. The van der Waals surface area contributed by atoms with Crippen molar-refractivity contribution in [2.24, 2.45) is 0 Å². The summed E-state index contributed by atoms with van der Waals surface area (Å²) < 4.78 is 43.0. The van der Waals surface area contributed by atoms with Gasteiger partial charge in [-0.05, 0) is 36.8 Å². The molecule has 138 valence electrons. The first-order chi connectivity index (χ1) is 12.4. The fraction of sp³-hybridized carbons (Fsp3) is 0.222. The van der Waals surface area contributed by atoms with Crippen LogP contribution in [0.3, 0.4) is 0 Å². The van der Waals surface area contributed by atoms with Crippen LogP contribution in [0.2, 0.25) is 0 Å². The molecule has 0 heterocycles. The number of hydrogen-bond donors (Lipinski definition) is 1. The van der Waals surface area contributed by atoms with Crippen molar-refractivity contribution in [2.45, 2.75) is 30.2 Å². The van der Waals surface area contributed by atoms with E-state index < -0.39 is 23.7 Å². The molecule has 0 aliphatic rings. The number of amides is 1. The molecule has 8 heteroatoms. The third-order valence-electron chi connectivity index (χ3n) is 3.36. The number of esters is 1. The van der Waals surface area contributed by atoms with Crippen molar-refractivity contribution in [3.63, 3.8) is 0 Å². The molecular weight excluding hydrogens is 367 g/mol. The Balaban J connectivity index is 1.94.